The van der Waals surface area contributed by atoms with Crippen LogP contribution in [0, 0.1) is 7.43 Å². The number of carbonyl (C=O) groups excluding carboxylic acids is 2. The topological polar surface area (TPSA) is 83.4 Å². The Kier molecular flexibility index (Phi) is 16.5. The standard InChI is InChI=1S/C19H19NO6.C2H6.CH3.Y/c1-13(21)26-16-10-8-15(9-11-16)25-12-14-6-4-5-7-17(14)18(20-24-3)19(22)23-2;1-2;;/h4-11H,12H2,1-3H3;1-2H3;1H3;/q;;-1;/b20-18+;;;. The van der Waals surface area contributed by atoms with Crippen molar-refractivity contribution < 1.29 is 61.3 Å². The van der Waals surface area contributed by atoms with Gasteiger partial charge < -0.3 is 26.5 Å². The van der Waals surface area contributed by atoms with Crippen LogP contribution in [0.5, 0.6) is 11.5 Å². The van der Waals surface area contributed by atoms with Crippen molar-refractivity contribution in [1.82, 2.24) is 0 Å². The fourth-order valence-corrected chi connectivity index (χ4v) is 2.19. The van der Waals surface area contributed by atoms with Gasteiger partial charge in [-0.3, -0.25) is 4.79 Å². The van der Waals surface area contributed by atoms with E-state index >= 15 is 0 Å². The third kappa shape index (κ3) is 9.50. The van der Waals surface area contributed by atoms with Crippen molar-refractivity contribution >= 4 is 17.7 Å². The number of esters is 2. The predicted octanol–water partition coefficient (Wildman–Crippen LogP) is 4.19. The molecular weight excluding hydrogens is 463 g/mol. The molecule has 0 heterocycles. The Hall–Kier alpha value is -2.25. The molecule has 2 aromatic rings. The van der Waals surface area contributed by atoms with Gasteiger partial charge in [0.1, 0.15) is 25.2 Å². The normalized spacial score (nSPS) is 9.57. The Morgan fingerprint density at radius 2 is 1.50 bits per heavy atom. The SMILES string of the molecule is CC.CO/N=C(/C(=O)OC)c1ccccc1COc1ccc(OC(C)=O)cc1.[CH3-].[Y]. The average molecular weight is 491 g/mol. The molecule has 0 N–H and O–H groups in total. The number of carbonyl (C=O) groups is 2. The van der Waals surface area contributed by atoms with E-state index in [2.05, 4.69) is 5.16 Å². The third-order valence-electron chi connectivity index (χ3n) is 3.31. The van der Waals surface area contributed by atoms with Gasteiger partial charge in [-0.05, 0) is 29.8 Å². The summed E-state index contributed by atoms with van der Waals surface area (Å²) in [7, 11) is 2.63. The van der Waals surface area contributed by atoms with Gasteiger partial charge in [0.15, 0.2) is 5.71 Å². The van der Waals surface area contributed by atoms with Crippen molar-refractivity contribution in [1.29, 1.82) is 0 Å². The van der Waals surface area contributed by atoms with E-state index in [0.717, 1.165) is 5.56 Å². The van der Waals surface area contributed by atoms with E-state index in [0.29, 0.717) is 17.1 Å². The van der Waals surface area contributed by atoms with E-state index in [-0.39, 0.29) is 58.4 Å². The zero-order valence-corrected chi connectivity index (χ0v) is 21.1. The summed E-state index contributed by atoms with van der Waals surface area (Å²) in [6, 6.07) is 13.8. The Bertz CT molecular complexity index is 806. The number of benzene rings is 2. The number of oxime groups is 1. The van der Waals surface area contributed by atoms with Gasteiger partial charge in [0.25, 0.3) is 0 Å². The van der Waals surface area contributed by atoms with Crippen molar-refractivity contribution in [2.24, 2.45) is 5.16 Å². The van der Waals surface area contributed by atoms with Crippen LogP contribution in [-0.4, -0.2) is 31.9 Å². The maximum absolute atomic E-state index is 11.9. The average Bonchev–Trinajstić information content (AvgIpc) is 2.72. The van der Waals surface area contributed by atoms with Crippen molar-refractivity contribution in [2.45, 2.75) is 27.4 Å². The number of rotatable bonds is 7. The zero-order chi connectivity index (χ0) is 20.9. The van der Waals surface area contributed by atoms with Gasteiger partial charge >= 0.3 is 11.9 Å². The summed E-state index contributed by atoms with van der Waals surface area (Å²) in [5.41, 5.74) is 1.34. The van der Waals surface area contributed by atoms with Crippen LogP contribution < -0.4 is 9.47 Å². The zero-order valence-electron chi connectivity index (χ0n) is 18.3. The van der Waals surface area contributed by atoms with E-state index in [1.807, 2.05) is 26.0 Å². The van der Waals surface area contributed by atoms with Crippen molar-refractivity contribution in [3.05, 3.63) is 67.1 Å². The fourth-order valence-electron chi connectivity index (χ4n) is 2.19. The summed E-state index contributed by atoms with van der Waals surface area (Å²) < 4.78 is 15.5. The minimum absolute atomic E-state index is 0. The van der Waals surface area contributed by atoms with Gasteiger partial charge in [-0.1, -0.05) is 43.3 Å². The molecule has 0 atom stereocenters. The second-order valence-electron chi connectivity index (χ2n) is 5.12. The summed E-state index contributed by atoms with van der Waals surface area (Å²) in [4.78, 5) is 27.6. The molecule has 30 heavy (non-hydrogen) atoms. The predicted molar refractivity (Wildman–Crippen MR) is 112 cm³/mol. The Morgan fingerprint density at radius 3 is 2.03 bits per heavy atom. The molecule has 0 aliphatic carbocycles. The molecule has 0 aliphatic heterocycles. The molecule has 0 amide bonds. The molecule has 1 radical (unpaired) electrons. The van der Waals surface area contributed by atoms with E-state index in [4.69, 9.17) is 19.0 Å². The van der Waals surface area contributed by atoms with Crippen LogP contribution in [0.1, 0.15) is 31.9 Å². The summed E-state index contributed by atoms with van der Waals surface area (Å²) in [5, 5.41) is 3.76. The molecule has 0 unspecified atom stereocenters. The Morgan fingerprint density at radius 1 is 0.933 bits per heavy atom. The van der Waals surface area contributed by atoms with Gasteiger partial charge in [-0.25, -0.2) is 4.79 Å². The first kappa shape index (κ1) is 30.0. The van der Waals surface area contributed by atoms with Gasteiger partial charge in [0, 0.05) is 45.2 Å². The number of hydrogen-bond donors (Lipinski definition) is 0. The van der Waals surface area contributed by atoms with Gasteiger partial charge in [-0.2, -0.15) is 0 Å². The fraction of sp³-hybridized carbons (Fsp3) is 0.273. The van der Waals surface area contributed by atoms with Crippen LogP contribution in [0.25, 0.3) is 0 Å². The number of ether oxygens (including phenoxy) is 3. The first-order chi connectivity index (χ1) is 13.5. The molecule has 2 rings (SSSR count). The largest absolute Gasteiger partial charge is 0.489 e. The minimum atomic E-state index is -0.606. The molecular formula is C22H28NO6Y-. The summed E-state index contributed by atoms with van der Waals surface area (Å²) in [5.74, 6) is 0.0230. The van der Waals surface area contributed by atoms with Crippen LogP contribution in [0.15, 0.2) is 53.7 Å². The van der Waals surface area contributed by atoms with Crippen LogP contribution in [0.4, 0.5) is 0 Å². The van der Waals surface area contributed by atoms with E-state index in [1.165, 1.54) is 21.1 Å². The van der Waals surface area contributed by atoms with Crippen LogP contribution in [0.3, 0.4) is 0 Å². The molecule has 8 heteroatoms. The van der Waals surface area contributed by atoms with Gasteiger partial charge in [-0.15, -0.1) is 0 Å². The first-order valence-electron chi connectivity index (χ1n) is 8.74. The molecule has 0 fully saturated rings. The third-order valence-corrected chi connectivity index (χ3v) is 3.31. The Balaban J connectivity index is 0. The van der Waals surface area contributed by atoms with Crippen LogP contribution in [0.2, 0.25) is 0 Å². The maximum atomic E-state index is 11.9. The minimum Gasteiger partial charge on any atom is -0.489 e. The molecule has 0 aliphatic rings. The summed E-state index contributed by atoms with van der Waals surface area (Å²) >= 11 is 0. The molecule has 0 saturated heterocycles. The molecule has 2 aromatic carbocycles. The first-order valence-corrected chi connectivity index (χ1v) is 8.74. The van der Waals surface area contributed by atoms with E-state index < -0.39 is 5.97 Å². The second kappa shape index (κ2) is 16.5. The molecule has 0 aromatic heterocycles. The van der Waals surface area contributed by atoms with Crippen molar-refractivity contribution in [3.63, 3.8) is 0 Å². The van der Waals surface area contributed by atoms with Crippen molar-refractivity contribution in [2.75, 3.05) is 14.2 Å². The van der Waals surface area contributed by atoms with Crippen LogP contribution >= 0.6 is 0 Å². The van der Waals surface area contributed by atoms with Crippen molar-refractivity contribution in [3.8, 4) is 11.5 Å². The molecule has 0 spiro atoms. The summed E-state index contributed by atoms with van der Waals surface area (Å²) in [6.45, 7) is 5.53. The number of methoxy groups -OCH3 is 1. The quantitative estimate of drug-likeness (QED) is 0.190. The van der Waals surface area contributed by atoms with E-state index in [1.54, 1.807) is 36.4 Å². The number of hydrogen-bond acceptors (Lipinski definition) is 7. The Labute approximate surface area is 203 Å². The van der Waals surface area contributed by atoms with Gasteiger partial charge in [0.2, 0.25) is 0 Å². The monoisotopic (exact) mass is 491 g/mol. The smallest absolute Gasteiger partial charge is 0.360 e. The molecule has 7 nitrogen and oxygen atoms in total. The van der Waals surface area contributed by atoms with E-state index in [9.17, 15) is 9.59 Å². The molecule has 0 bridgehead atoms. The van der Waals surface area contributed by atoms with Crippen LogP contribution in [-0.2, 0) is 58.5 Å². The maximum Gasteiger partial charge on any atom is 0.360 e. The molecule has 0 saturated carbocycles. The summed E-state index contributed by atoms with van der Waals surface area (Å²) in [6.07, 6.45) is 0. The number of nitrogens with zero attached hydrogens (tertiary/aromatic N) is 1. The van der Waals surface area contributed by atoms with Gasteiger partial charge in [0.05, 0.1) is 7.11 Å². The molecule has 161 valence electrons. The second-order valence-corrected chi connectivity index (χ2v) is 5.12.